The third-order valence-corrected chi connectivity index (χ3v) is 12.3. The Morgan fingerprint density at radius 1 is 0.267 bits per heavy atom. The standard InChI is InChI=1S/C55H35N5/c1-2-16-40(17-3-1)59-52-31-29-39(37-15-13-19-42(33-37)58-50-26-10-6-22-45(50)46-23-7-11-27-51(46)58)35-54(52)60-53-34-38(28-30-47(53)56-55(59)60)36-14-12-18-41(32-36)57-48-24-8-4-20-43(48)44-21-5-9-25-49(44)57/h1-35H. The highest BCUT2D eigenvalue weighted by Crippen LogP contribution is 2.38. The second-order valence-corrected chi connectivity index (χ2v) is 15.7. The van der Waals surface area contributed by atoms with Crippen LogP contribution in [0.1, 0.15) is 0 Å². The van der Waals surface area contributed by atoms with E-state index >= 15 is 0 Å². The van der Waals surface area contributed by atoms with Gasteiger partial charge in [-0.1, -0.05) is 127 Å². The van der Waals surface area contributed by atoms with Gasteiger partial charge < -0.3 is 9.13 Å². The molecule has 0 radical (unpaired) electrons. The van der Waals surface area contributed by atoms with Crippen molar-refractivity contribution in [3.8, 4) is 39.3 Å². The summed E-state index contributed by atoms with van der Waals surface area (Å²) in [5.41, 5.74) is 17.0. The van der Waals surface area contributed by atoms with Gasteiger partial charge in [-0.15, -0.1) is 0 Å². The Labute approximate surface area is 344 Å². The number of fused-ring (bicyclic) bond motifs is 11. The van der Waals surface area contributed by atoms with E-state index in [4.69, 9.17) is 4.98 Å². The Kier molecular flexibility index (Phi) is 6.95. The summed E-state index contributed by atoms with van der Waals surface area (Å²) < 4.78 is 9.40. The maximum Gasteiger partial charge on any atom is 0.220 e. The summed E-state index contributed by atoms with van der Waals surface area (Å²) in [6, 6.07) is 76.7. The molecule has 0 aliphatic rings. The normalized spacial score (nSPS) is 12.0. The van der Waals surface area contributed by atoms with Crippen molar-refractivity contribution < 1.29 is 0 Å². The molecule has 0 amide bonds. The number of rotatable bonds is 5. The molecule has 0 fully saturated rings. The third-order valence-electron chi connectivity index (χ3n) is 12.3. The summed E-state index contributed by atoms with van der Waals surface area (Å²) in [6.45, 7) is 0. The Morgan fingerprint density at radius 3 is 1.23 bits per heavy atom. The predicted molar refractivity (Wildman–Crippen MR) is 249 cm³/mol. The first-order valence-corrected chi connectivity index (χ1v) is 20.5. The topological polar surface area (TPSA) is 32.1 Å². The number of para-hydroxylation sites is 5. The molecule has 0 spiro atoms. The van der Waals surface area contributed by atoms with E-state index in [-0.39, 0.29) is 0 Å². The molecule has 280 valence electrons. The van der Waals surface area contributed by atoms with Crippen LogP contribution in [-0.4, -0.2) is 23.1 Å². The van der Waals surface area contributed by atoms with Crippen LogP contribution in [0, 0.1) is 0 Å². The van der Waals surface area contributed by atoms with Crippen LogP contribution in [0.3, 0.4) is 0 Å². The van der Waals surface area contributed by atoms with Gasteiger partial charge in [0.15, 0.2) is 0 Å². The number of aromatic nitrogens is 5. The van der Waals surface area contributed by atoms with Crippen LogP contribution in [0.2, 0.25) is 0 Å². The van der Waals surface area contributed by atoms with Crippen LogP contribution in [0.4, 0.5) is 0 Å². The van der Waals surface area contributed by atoms with Gasteiger partial charge in [0.25, 0.3) is 0 Å². The first-order valence-electron chi connectivity index (χ1n) is 20.5. The molecule has 0 bridgehead atoms. The molecule has 4 heterocycles. The van der Waals surface area contributed by atoms with Gasteiger partial charge in [-0.05, 0) is 107 Å². The molecular weight excluding hydrogens is 731 g/mol. The zero-order valence-corrected chi connectivity index (χ0v) is 32.4. The van der Waals surface area contributed by atoms with Crippen LogP contribution in [0.15, 0.2) is 212 Å². The van der Waals surface area contributed by atoms with E-state index in [1.54, 1.807) is 0 Å². The average Bonchev–Trinajstić information content (AvgIpc) is 4.05. The Morgan fingerprint density at radius 2 is 0.700 bits per heavy atom. The van der Waals surface area contributed by atoms with E-state index in [1.807, 2.05) is 0 Å². The van der Waals surface area contributed by atoms with Gasteiger partial charge in [0.05, 0.1) is 44.1 Å². The highest BCUT2D eigenvalue weighted by Gasteiger charge is 2.20. The van der Waals surface area contributed by atoms with E-state index < -0.39 is 0 Å². The Hall–Kier alpha value is -8.15. The van der Waals surface area contributed by atoms with Crippen molar-refractivity contribution in [2.24, 2.45) is 0 Å². The summed E-state index contributed by atoms with van der Waals surface area (Å²) in [6.07, 6.45) is 0. The van der Waals surface area contributed by atoms with Crippen LogP contribution >= 0.6 is 0 Å². The largest absolute Gasteiger partial charge is 0.309 e. The zero-order chi connectivity index (χ0) is 39.3. The minimum Gasteiger partial charge on any atom is -0.309 e. The predicted octanol–water partition coefficient (Wildman–Crippen LogP) is 14.0. The van der Waals surface area contributed by atoms with Gasteiger partial charge in [-0.25, -0.2) is 4.98 Å². The molecule has 5 nitrogen and oxygen atoms in total. The quantitative estimate of drug-likeness (QED) is 0.172. The summed E-state index contributed by atoms with van der Waals surface area (Å²) in [5, 5.41) is 5.03. The highest BCUT2D eigenvalue weighted by molar-refractivity contribution is 6.10. The monoisotopic (exact) mass is 765 g/mol. The van der Waals surface area contributed by atoms with E-state index in [0.29, 0.717) is 0 Å². The number of hydrogen-bond acceptors (Lipinski definition) is 1. The van der Waals surface area contributed by atoms with Crippen LogP contribution in [-0.2, 0) is 0 Å². The van der Waals surface area contributed by atoms with Crippen molar-refractivity contribution in [1.29, 1.82) is 0 Å². The van der Waals surface area contributed by atoms with E-state index in [1.165, 1.54) is 43.6 Å². The molecule has 0 aliphatic carbocycles. The zero-order valence-electron chi connectivity index (χ0n) is 32.4. The summed E-state index contributed by atoms with van der Waals surface area (Å²) in [5.74, 6) is 0.888. The van der Waals surface area contributed by atoms with Gasteiger partial charge in [0, 0.05) is 38.6 Å². The van der Waals surface area contributed by atoms with Gasteiger partial charge in [0.2, 0.25) is 5.78 Å². The third kappa shape index (κ3) is 4.77. The molecule has 13 rings (SSSR count). The fourth-order valence-corrected chi connectivity index (χ4v) is 9.69. The SMILES string of the molecule is c1ccc(-n2c3ccc(-c4cccc(-n5c6ccccc6c6ccccc65)c4)cc3n3c4cc(-c5cccc(-n6c7ccccc7c7ccccc76)c5)ccc4nc23)cc1. The minimum atomic E-state index is 0.888. The summed E-state index contributed by atoms with van der Waals surface area (Å²) in [7, 11) is 0. The fraction of sp³-hybridized carbons (Fsp3) is 0. The minimum absolute atomic E-state index is 0.888. The molecule has 4 aromatic heterocycles. The van der Waals surface area contributed by atoms with Crippen molar-refractivity contribution in [3.05, 3.63) is 212 Å². The first kappa shape index (κ1) is 32.9. The molecule has 0 saturated heterocycles. The van der Waals surface area contributed by atoms with Gasteiger partial charge in [0.1, 0.15) is 0 Å². The van der Waals surface area contributed by atoms with E-state index in [9.17, 15) is 0 Å². The van der Waals surface area contributed by atoms with Crippen molar-refractivity contribution >= 4 is 71.5 Å². The van der Waals surface area contributed by atoms with Crippen molar-refractivity contribution in [1.82, 2.24) is 23.1 Å². The molecule has 0 N–H and O–H groups in total. The Balaban J connectivity index is 0.997. The summed E-state index contributed by atoms with van der Waals surface area (Å²) >= 11 is 0. The molecule has 0 unspecified atom stereocenters. The lowest BCUT2D eigenvalue weighted by Crippen LogP contribution is -1.95. The average molecular weight is 766 g/mol. The van der Waals surface area contributed by atoms with E-state index in [2.05, 4.69) is 230 Å². The first-order chi connectivity index (χ1) is 29.8. The molecule has 0 saturated carbocycles. The lowest BCUT2D eigenvalue weighted by Gasteiger charge is -2.11. The molecule has 0 atom stereocenters. The molecular formula is C55H35N5. The van der Waals surface area contributed by atoms with Gasteiger partial charge in [-0.3, -0.25) is 8.97 Å². The number of hydrogen-bond donors (Lipinski definition) is 0. The Bertz CT molecular complexity index is 3730. The second kappa shape index (κ2) is 12.7. The highest BCUT2D eigenvalue weighted by atomic mass is 15.2. The maximum atomic E-state index is 5.32. The molecule has 13 aromatic rings. The smallest absolute Gasteiger partial charge is 0.220 e. The maximum absolute atomic E-state index is 5.32. The number of imidazole rings is 2. The summed E-state index contributed by atoms with van der Waals surface area (Å²) in [4.78, 5) is 5.32. The lowest BCUT2D eigenvalue weighted by atomic mass is 10.0. The van der Waals surface area contributed by atoms with Crippen molar-refractivity contribution in [3.63, 3.8) is 0 Å². The fourth-order valence-electron chi connectivity index (χ4n) is 9.69. The lowest BCUT2D eigenvalue weighted by molar-refractivity contribution is 1.11. The number of nitrogens with zero attached hydrogens (tertiary/aromatic N) is 5. The molecule has 9 aromatic carbocycles. The molecule has 0 aliphatic heterocycles. The molecule has 60 heavy (non-hydrogen) atoms. The van der Waals surface area contributed by atoms with Gasteiger partial charge in [-0.2, -0.15) is 0 Å². The van der Waals surface area contributed by atoms with Crippen molar-refractivity contribution in [2.75, 3.05) is 0 Å². The van der Waals surface area contributed by atoms with Crippen molar-refractivity contribution in [2.45, 2.75) is 0 Å². The van der Waals surface area contributed by atoms with Crippen LogP contribution in [0.25, 0.3) is 111 Å². The second-order valence-electron chi connectivity index (χ2n) is 15.7. The van der Waals surface area contributed by atoms with Crippen LogP contribution in [0.5, 0.6) is 0 Å². The van der Waals surface area contributed by atoms with Gasteiger partial charge >= 0.3 is 0 Å². The number of benzene rings is 9. The van der Waals surface area contributed by atoms with E-state index in [0.717, 1.165) is 67.2 Å². The molecule has 5 heteroatoms. The van der Waals surface area contributed by atoms with Crippen LogP contribution < -0.4 is 0 Å².